The minimum absolute atomic E-state index is 0.141. The standard InChI is InChI=1S/C30H33N3O2/c34-25-13-11-23(12-14-25)19-33-20-24-16-30(29(35)31-17-22-9-5-2-6-10-22)27(28(33)26(24)18-32-30)15-21-7-3-1-4-8-21/h1-14,24,26-28,32,34H,15-20H2,(H,31,35). The normalized spacial score (nSPS) is 29.3. The van der Waals surface area contributed by atoms with E-state index in [9.17, 15) is 9.90 Å². The summed E-state index contributed by atoms with van der Waals surface area (Å²) in [7, 11) is 0. The number of aromatic hydroxyl groups is 1. The van der Waals surface area contributed by atoms with Gasteiger partial charge in [-0.1, -0.05) is 72.8 Å². The molecule has 1 aliphatic carbocycles. The van der Waals surface area contributed by atoms with Crippen molar-refractivity contribution in [3.05, 3.63) is 102 Å². The highest BCUT2D eigenvalue weighted by Gasteiger charge is 2.64. The molecule has 3 N–H and O–H groups in total. The van der Waals surface area contributed by atoms with Crippen molar-refractivity contribution in [1.29, 1.82) is 0 Å². The van der Waals surface area contributed by atoms with Gasteiger partial charge in [0.1, 0.15) is 11.3 Å². The SMILES string of the molecule is O=C(NCc1ccccc1)C12CC3CN(Cc4ccc(O)cc4)C(C3CN1)C2Cc1ccccc1. The molecular formula is C30H33N3O2. The zero-order valence-corrected chi connectivity index (χ0v) is 19.9. The number of carbonyl (C=O) groups excluding carboxylic acids is 1. The number of benzene rings is 3. The second-order valence-corrected chi connectivity index (χ2v) is 10.5. The summed E-state index contributed by atoms with van der Waals surface area (Å²) in [5.74, 6) is 1.71. The van der Waals surface area contributed by atoms with Gasteiger partial charge in [0.15, 0.2) is 0 Å². The van der Waals surface area contributed by atoms with Crippen LogP contribution in [0.4, 0.5) is 0 Å². The Hall–Kier alpha value is -3.15. The van der Waals surface area contributed by atoms with Crippen molar-refractivity contribution in [2.24, 2.45) is 17.8 Å². The molecule has 4 fully saturated rings. The number of nitrogens with one attached hydrogen (secondary N) is 2. The van der Waals surface area contributed by atoms with Crippen LogP contribution in [0.1, 0.15) is 23.1 Å². The first-order valence-corrected chi connectivity index (χ1v) is 12.8. The molecule has 5 atom stereocenters. The first kappa shape index (κ1) is 22.3. The van der Waals surface area contributed by atoms with Gasteiger partial charge in [-0.15, -0.1) is 0 Å². The van der Waals surface area contributed by atoms with Crippen molar-refractivity contribution in [1.82, 2.24) is 15.5 Å². The van der Waals surface area contributed by atoms with E-state index in [0.717, 1.165) is 38.0 Å². The summed E-state index contributed by atoms with van der Waals surface area (Å²) in [6, 6.07) is 28.7. The van der Waals surface area contributed by atoms with E-state index in [0.29, 0.717) is 30.2 Å². The number of carbonyl (C=O) groups is 1. The first-order chi connectivity index (χ1) is 17.1. The molecule has 7 rings (SSSR count). The molecule has 0 spiro atoms. The highest BCUT2D eigenvalue weighted by molar-refractivity contribution is 5.87. The van der Waals surface area contributed by atoms with Gasteiger partial charge in [-0.2, -0.15) is 0 Å². The lowest BCUT2D eigenvalue weighted by molar-refractivity contribution is -0.138. The van der Waals surface area contributed by atoms with Crippen molar-refractivity contribution < 1.29 is 9.90 Å². The molecule has 3 saturated heterocycles. The van der Waals surface area contributed by atoms with E-state index in [2.05, 4.69) is 58.0 Å². The molecule has 5 heteroatoms. The number of phenolic OH excluding ortho intramolecular Hbond substituents is 1. The average Bonchev–Trinajstić information content (AvgIpc) is 3.19. The van der Waals surface area contributed by atoms with Crippen molar-refractivity contribution in [3.8, 4) is 5.75 Å². The molecule has 3 heterocycles. The van der Waals surface area contributed by atoms with E-state index in [1.165, 1.54) is 11.1 Å². The fraction of sp³-hybridized carbons (Fsp3) is 0.367. The van der Waals surface area contributed by atoms with Crippen LogP contribution >= 0.6 is 0 Å². The zero-order valence-electron chi connectivity index (χ0n) is 19.9. The van der Waals surface area contributed by atoms with E-state index in [4.69, 9.17) is 0 Å². The van der Waals surface area contributed by atoms with E-state index in [-0.39, 0.29) is 11.8 Å². The van der Waals surface area contributed by atoms with Gasteiger partial charge in [0.2, 0.25) is 5.91 Å². The van der Waals surface area contributed by atoms with Crippen molar-refractivity contribution in [3.63, 3.8) is 0 Å². The minimum Gasteiger partial charge on any atom is -0.508 e. The van der Waals surface area contributed by atoms with Crippen molar-refractivity contribution in [2.45, 2.75) is 37.5 Å². The van der Waals surface area contributed by atoms with Gasteiger partial charge in [-0.3, -0.25) is 9.69 Å². The lowest BCUT2D eigenvalue weighted by Crippen LogP contribution is -2.74. The summed E-state index contributed by atoms with van der Waals surface area (Å²) < 4.78 is 0. The van der Waals surface area contributed by atoms with Gasteiger partial charge in [0.25, 0.3) is 0 Å². The Morgan fingerprint density at radius 3 is 2.34 bits per heavy atom. The quantitative estimate of drug-likeness (QED) is 0.496. The van der Waals surface area contributed by atoms with Gasteiger partial charge in [0, 0.05) is 38.1 Å². The number of piperidine rings is 2. The monoisotopic (exact) mass is 467 g/mol. The molecule has 1 amide bonds. The van der Waals surface area contributed by atoms with Crippen LogP contribution in [-0.4, -0.2) is 40.6 Å². The Balaban J connectivity index is 1.30. The second-order valence-electron chi connectivity index (χ2n) is 10.5. The van der Waals surface area contributed by atoms with E-state index < -0.39 is 5.54 Å². The van der Waals surface area contributed by atoms with E-state index >= 15 is 0 Å². The van der Waals surface area contributed by atoms with E-state index in [1.807, 2.05) is 30.3 Å². The largest absolute Gasteiger partial charge is 0.508 e. The summed E-state index contributed by atoms with van der Waals surface area (Å²) >= 11 is 0. The maximum Gasteiger partial charge on any atom is 0.240 e. The number of nitrogens with zero attached hydrogens (tertiary/aromatic N) is 1. The van der Waals surface area contributed by atoms with Gasteiger partial charge in [-0.25, -0.2) is 0 Å². The van der Waals surface area contributed by atoms with Gasteiger partial charge >= 0.3 is 0 Å². The highest BCUT2D eigenvalue weighted by atomic mass is 16.3. The predicted molar refractivity (Wildman–Crippen MR) is 137 cm³/mol. The number of fused-ring (bicyclic) bond motifs is 1. The molecule has 5 nitrogen and oxygen atoms in total. The molecule has 35 heavy (non-hydrogen) atoms. The van der Waals surface area contributed by atoms with Gasteiger partial charge in [-0.05, 0) is 53.5 Å². The van der Waals surface area contributed by atoms with Crippen LogP contribution in [0.25, 0.3) is 0 Å². The van der Waals surface area contributed by atoms with Crippen LogP contribution < -0.4 is 10.6 Å². The lowest BCUT2D eigenvalue weighted by atomic mass is 9.58. The molecule has 3 aromatic carbocycles. The Kier molecular flexibility index (Phi) is 5.83. The minimum atomic E-state index is -0.557. The fourth-order valence-electron chi connectivity index (χ4n) is 6.97. The molecule has 180 valence electrons. The van der Waals surface area contributed by atoms with E-state index in [1.54, 1.807) is 12.1 Å². The van der Waals surface area contributed by atoms with Crippen molar-refractivity contribution >= 4 is 5.91 Å². The predicted octanol–water partition coefficient (Wildman–Crippen LogP) is 3.73. The molecule has 0 aromatic heterocycles. The van der Waals surface area contributed by atoms with Gasteiger partial charge < -0.3 is 15.7 Å². The molecule has 3 aromatic rings. The molecule has 3 aliphatic heterocycles. The maximum absolute atomic E-state index is 14.0. The number of likely N-dealkylation sites (tertiary alicyclic amines) is 1. The summed E-state index contributed by atoms with van der Waals surface area (Å²) in [6.07, 6.45) is 1.77. The number of rotatable bonds is 7. The Labute approximate surface area is 207 Å². The van der Waals surface area contributed by atoms with Crippen LogP contribution in [0.5, 0.6) is 5.75 Å². The van der Waals surface area contributed by atoms with Crippen LogP contribution in [0.3, 0.4) is 0 Å². The summed E-state index contributed by atoms with van der Waals surface area (Å²) in [5, 5.41) is 16.8. The molecule has 1 saturated carbocycles. The first-order valence-electron chi connectivity index (χ1n) is 12.8. The van der Waals surface area contributed by atoms with Crippen LogP contribution in [0, 0.1) is 17.8 Å². The van der Waals surface area contributed by atoms with Gasteiger partial charge in [0.05, 0.1) is 0 Å². The zero-order chi connectivity index (χ0) is 23.8. The Morgan fingerprint density at radius 2 is 1.63 bits per heavy atom. The van der Waals surface area contributed by atoms with Crippen LogP contribution in [0.2, 0.25) is 0 Å². The second kappa shape index (κ2) is 9.14. The number of amides is 1. The van der Waals surface area contributed by atoms with Crippen molar-refractivity contribution in [2.75, 3.05) is 13.1 Å². The Morgan fingerprint density at radius 1 is 0.943 bits per heavy atom. The molecule has 5 unspecified atom stereocenters. The summed E-state index contributed by atoms with van der Waals surface area (Å²) in [6.45, 7) is 3.32. The molecule has 4 bridgehead atoms. The summed E-state index contributed by atoms with van der Waals surface area (Å²) in [4.78, 5) is 16.6. The molecule has 0 radical (unpaired) electrons. The molecule has 4 aliphatic rings. The third kappa shape index (κ3) is 4.13. The third-order valence-electron chi connectivity index (χ3n) is 8.54. The number of phenols is 1. The van der Waals surface area contributed by atoms with Crippen LogP contribution in [0.15, 0.2) is 84.9 Å². The molecular weight excluding hydrogens is 434 g/mol. The Bertz CT molecular complexity index is 1170. The highest BCUT2D eigenvalue weighted by Crippen LogP contribution is 2.53. The average molecular weight is 468 g/mol. The van der Waals surface area contributed by atoms with Crippen LogP contribution in [-0.2, 0) is 24.3 Å². The lowest BCUT2D eigenvalue weighted by Gasteiger charge is -2.56. The topological polar surface area (TPSA) is 64.6 Å². The summed E-state index contributed by atoms with van der Waals surface area (Å²) in [5.41, 5.74) is 3.06. The maximum atomic E-state index is 14.0. The fourth-order valence-corrected chi connectivity index (χ4v) is 6.97. The number of hydrogen-bond donors (Lipinski definition) is 3. The smallest absolute Gasteiger partial charge is 0.240 e. The third-order valence-corrected chi connectivity index (χ3v) is 8.54. The number of hydrogen-bond acceptors (Lipinski definition) is 4.